The summed E-state index contributed by atoms with van der Waals surface area (Å²) in [4.78, 5) is 4.42. The molecule has 4 N–H and O–H groups in total. The van der Waals surface area contributed by atoms with Crippen LogP contribution in [0.5, 0.6) is 0 Å². The van der Waals surface area contributed by atoms with Crippen LogP contribution in [0.2, 0.25) is 0 Å². The number of nitrogens with one attached hydrogen (secondary N) is 2. The number of thiazole rings is 1. The maximum atomic E-state index is 13.9. The second-order valence-corrected chi connectivity index (χ2v) is 9.21. The van der Waals surface area contributed by atoms with Crippen molar-refractivity contribution >= 4 is 31.6 Å². The first-order chi connectivity index (χ1) is 13.6. The van der Waals surface area contributed by atoms with Gasteiger partial charge in [0.25, 0.3) is 6.43 Å². The van der Waals surface area contributed by atoms with Gasteiger partial charge in [-0.15, -0.1) is 11.3 Å². The van der Waals surface area contributed by atoms with Gasteiger partial charge in [-0.05, 0) is 48.4 Å². The zero-order valence-electron chi connectivity index (χ0n) is 14.9. The molecule has 0 radical (unpaired) electrons. The second-order valence-electron chi connectivity index (χ2n) is 6.62. The van der Waals surface area contributed by atoms with Gasteiger partial charge in [0.05, 0.1) is 20.8 Å². The van der Waals surface area contributed by atoms with E-state index < -0.39 is 22.0 Å². The Morgan fingerprint density at radius 1 is 1.21 bits per heavy atom. The molecule has 1 aliphatic rings. The van der Waals surface area contributed by atoms with Crippen molar-refractivity contribution in [1.82, 2.24) is 15.8 Å². The highest BCUT2D eigenvalue weighted by atomic mass is 32.2. The minimum Gasteiger partial charge on any atom is -0.319 e. The first kappa shape index (κ1) is 19.8. The van der Waals surface area contributed by atoms with Crippen molar-refractivity contribution < 1.29 is 21.6 Å². The number of alkyl halides is 2. The molecule has 4 rings (SSSR count). The SMILES string of the molecule is Cc1cc2nc(C3(c4ccc(S(N)(=O)=O)cc4)C=C(C(F)F)NN3)sc2cc1F. The Hall–Kier alpha value is -2.47. The summed E-state index contributed by atoms with van der Waals surface area (Å²) in [7, 11) is -3.91. The van der Waals surface area contributed by atoms with Crippen molar-refractivity contribution in [2.75, 3.05) is 0 Å². The molecule has 3 aromatic rings. The number of hydrogen-bond donors (Lipinski definition) is 3. The van der Waals surface area contributed by atoms with Crippen LogP contribution in [0.3, 0.4) is 0 Å². The zero-order valence-corrected chi connectivity index (χ0v) is 16.5. The molecule has 0 amide bonds. The van der Waals surface area contributed by atoms with E-state index in [1.54, 1.807) is 13.0 Å². The molecule has 1 aliphatic heterocycles. The van der Waals surface area contributed by atoms with Gasteiger partial charge in [0, 0.05) is 0 Å². The predicted octanol–water partition coefficient (Wildman–Crippen LogP) is 2.89. The fourth-order valence-corrected chi connectivity index (χ4v) is 4.75. The van der Waals surface area contributed by atoms with E-state index in [1.807, 2.05) is 0 Å². The molecule has 0 fully saturated rings. The van der Waals surface area contributed by atoms with Gasteiger partial charge in [-0.2, -0.15) is 0 Å². The first-order valence-electron chi connectivity index (χ1n) is 8.35. The fraction of sp³-hybridized carbons (Fsp3) is 0.167. The van der Waals surface area contributed by atoms with E-state index in [0.717, 1.165) is 11.3 Å². The van der Waals surface area contributed by atoms with Crippen LogP contribution < -0.4 is 16.0 Å². The van der Waals surface area contributed by atoms with E-state index in [-0.39, 0.29) is 16.4 Å². The molecule has 0 aliphatic carbocycles. The van der Waals surface area contributed by atoms with Crippen LogP contribution in [0.4, 0.5) is 13.2 Å². The number of hydrogen-bond acceptors (Lipinski definition) is 6. The molecule has 152 valence electrons. The molecule has 0 bridgehead atoms. The van der Waals surface area contributed by atoms with E-state index in [0.29, 0.717) is 26.4 Å². The third-order valence-electron chi connectivity index (χ3n) is 4.66. The highest BCUT2D eigenvalue weighted by Gasteiger charge is 2.41. The molecule has 1 aromatic heterocycles. The van der Waals surface area contributed by atoms with Crippen LogP contribution >= 0.6 is 11.3 Å². The number of fused-ring (bicyclic) bond motifs is 1. The molecule has 29 heavy (non-hydrogen) atoms. The van der Waals surface area contributed by atoms with E-state index in [9.17, 15) is 21.6 Å². The van der Waals surface area contributed by atoms with Crippen molar-refractivity contribution in [3.63, 3.8) is 0 Å². The Kier molecular flexibility index (Phi) is 4.65. The van der Waals surface area contributed by atoms with Gasteiger partial charge in [-0.3, -0.25) is 0 Å². The van der Waals surface area contributed by atoms with Crippen molar-refractivity contribution in [3.05, 3.63) is 70.1 Å². The van der Waals surface area contributed by atoms with Gasteiger partial charge in [-0.25, -0.2) is 37.1 Å². The lowest BCUT2D eigenvalue weighted by atomic mass is 9.91. The average molecular weight is 440 g/mol. The number of allylic oxidation sites excluding steroid dienone is 1. The van der Waals surface area contributed by atoms with E-state index in [1.165, 1.54) is 36.4 Å². The number of primary sulfonamides is 1. The standard InChI is InChI=1S/C18H15F3N4O2S2/c1-9-6-13-15(7-12(9)19)28-17(23-13)18(8-14(16(20)21)24-25-18)10-2-4-11(5-3-10)29(22,26)27/h2-8,16,24-25H,1H3,(H2,22,26,27). The lowest BCUT2D eigenvalue weighted by Crippen LogP contribution is -2.43. The largest absolute Gasteiger partial charge is 0.319 e. The molecular weight excluding hydrogens is 425 g/mol. The van der Waals surface area contributed by atoms with Crippen molar-refractivity contribution in [1.29, 1.82) is 0 Å². The summed E-state index contributed by atoms with van der Waals surface area (Å²) < 4.78 is 64.2. The van der Waals surface area contributed by atoms with Gasteiger partial charge >= 0.3 is 0 Å². The monoisotopic (exact) mass is 440 g/mol. The number of benzene rings is 2. The van der Waals surface area contributed by atoms with Crippen molar-refractivity contribution in [2.24, 2.45) is 5.14 Å². The van der Waals surface area contributed by atoms with E-state index >= 15 is 0 Å². The molecule has 11 heteroatoms. The summed E-state index contributed by atoms with van der Waals surface area (Å²) >= 11 is 1.15. The second kappa shape index (κ2) is 6.80. The number of aromatic nitrogens is 1. The quantitative estimate of drug-likeness (QED) is 0.580. The molecule has 0 saturated carbocycles. The number of rotatable bonds is 4. The summed E-state index contributed by atoms with van der Waals surface area (Å²) in [5, 5.41) is 5.53. The highest BCUT2D eigenvalue weighted by Crippen LogP contribution is 2.40. The van der Waals surface area contributed by atoms with E-state index in [4.69, 9.17) is 5.14 Å². The van der Waals surface area contributed by atoms with Crippen LogP contribution in [-0.2, 0) is 15.6 Å². The maximum absolute atomic E-state index is 13.9. The van der Waals surface area contributed by atoms with Gasteiger partial charge < -0.3 is 5.43 Å². The summed E-state index contributed by atoms with van der Waals surface area (Å²) in [6, 6.07) is 8.46. The highest BCUT2D eigenvalue weighted by molar-refractivity contribution is 7.89. The minimum absolute atomic E-state index is 0.109. The molecule has 6 nitrogen and oxygen atoms in total. The Morgan fingerprint density at radius 3 is 2.48 bits per heavy atom. The van der Waals surface area contributed by atoms with Crippen molar-refractivity contribution in [3.8, 4) is 0 Å². The molecule has 0 saturated heterocycles. The van der Waals surface area contributed by atoms with Crippen LogP contribution in [0.25, 0.3) is 10.2 Å². The number of hydrazine groups is 1. The number of halogens is 3. The molecule has 1 unspecified atom stereocenters. The summed E-state index contributed by atoms with van der Waals surface area (Å²) in [5.74, 6) is -0.388. The van der Waals surface area contributed by atoms with Gasteiger partial charge in [0.1, 0.15) is 16.4 Å². The topological polar surface area (TPSA) is 97.1 Å². The van der Waals surface area contributed by atoms with Crippen LogP contribution in [0.15, 0.2) is 53.1 Å². The molecule has 1 atom stereocenters. The van der Waals surface area contributed by atoms with Crippen LogP contribution in [0, 0.1) is 12.7 Å². The fourth-order valence-electron chi connectivity index (χ4n) is 3.12. The van der Waals surface area contributed by atoms with Crippen LogP contribution in [-0.4, -0.2) is 19.8 Å². The summed E-state index contributed by atoms with van der Waals surface area (Å²) in [6.07, 6.45) is -1.47. The molecule has 0 spiro atoms. The number of nitrogens with two attached hydrogens (primary N) is 1. The van der Waals surface area contributed by atoms with Crippen LogP contribution in [0.1, 0.15) is 16.1 Å². The Labute approximate surface area is 168 Å². The molecule has 2 aromatic carbocycles. The lowest BCUT2D eigenvalue weighted by Gasteiger charge is -2.25. The zero-order chi connectivity index (χ0) is 21.0. The summed E-state index contributed by atoms with van der Waals surface area (Å²) in [5.41, 5.74) is 5.07. The Bertz CT molecular complexity index is 1200. The number of nitrogens with zero attached hydrogens (tertiary/aromatic N) is 1. The number of aryl methyl sites for hydroxylation is 1. The molecule has 2 heterocycles. The number of sulfonamides is 1. The minimum atomic E-state index is -3.91. The summed E-state index contributed by atoms with van der Waals surface area (Å²) in [6.45, 7) is 1.61. The average Bonchev–Trinajstić information content (AvgIpc) is 3.27. The normalized spacial score (nSPS) is 19.6. The third kappa shape index (κ3) is 3.39. The first-order valence-corrected chi connectivity index (χ1v) is 10.7. The predicted molar refractivity (Wildman–Crippen MR) is 103 cm³/mol. The Morgan fingerprint density at radius 2 is 1.90 bits per heavy atom. The van der Waals surface area contributed by atoms with Gasteiger partial charge in [0.15, 0.2) is 0 Å². The van der Waals surface area contributed by atoms with E-state index in [2.05, 4.69) is 15.8 Å². The third-order valence-corrected chi connectivity index (χ3v) is 6.74. The van der Waals surface area contributed by atoms with Gasteiger partial charge in [-0.1, -0.05) is 12.1 Å². The smallest absolute Gasteiger partial charge is 0.279 e. The lowest BCUT2D eigenvalue weighted by molar-refractivity contribution is 0.179. The Balaban J connectivity index is 1.91. The molecular formula is C18H15F3N4O2S2. The maximum Gasteiger partial charge on any atom is 0.279 e. The van der Waals surface area contributed by atoms with Gasteiger partial charge in [0.2, 0.25) is 10.0 Å². The van der Waals surface area contributed by atoms with Crippen molar-refractivity contribution in [2.45, 2.75) is 23.8 Å².